The van der Waals surface area contributed by atoms with E-state index in [0.717, 1.165) is 54.8 Å². The third-order valence-electron chi connectivity index (χ3n) is 5.03. The lowest BCUT2D eigenvalue weighted by Gasteiger charge is -2.11. The number of amides is 1. The zero-order valence-corrected chi connectivity index (χ0v) is 17.9. The topological polar surface area (TPSA) is 65.4 Å². The SMILES string of the molecule is CCc1ccc(OCCCn2c(CCCNC(=O)COC)nc3ccccc32)cc1. The zero-order chi connectivity index (χ0) is 21.2. The Morgan fingerprint density at radius 2 is 1.90 bits per heavy atom. The zero-order valence-electron chi connectivity index (χ0n) is 17.9. The smallest absolute Gasteiger partial charge is 0.245 e. The Morgan fingerprint density at radius 3 is 2.67 bits per heavy atom. The highest BCUT2D eigenvalue weighted by molar-refractivity contribution is 5.77. The third-order valence-corrected chi connectivity index (χ3v) is 5.03. The average Bonchev–Trinajstić information content (AvgIpc) is 3.12. The number of benzene rings is 2. The monoisotopic (exact) mass is 409 g/mol. The summed E-state index contributed by atoms with van der Waals surface area (Å²) in [7, 11) is 1.52. The Morgan fingerprint density at radius 1 is 1.10 bits per heavy atom. The summed E-state index contributed by atoms with van der Waals surface area (Å²) in [5.74, 6) is 1.87. The molecule has 0 bridgehead atoms. The molecule has 0 spiro atoms. The van der Waals surface area contributed by atoms with Crippen LogP contribution in [0, 0.1) is 0 Å². The molecule has 6 nitrogen and oxygen atoms in total. The van der Waals surface area contributed by atoms with Gasteiger partial charge >= 0.3 is 0 Å². The number of nitrogens with one attached hydrogen (secondary N) is 1. The van der Waals surface area contributed by atoms with Gasteiger partial charge in [-0.15, -0.1) is 0 Å². The van der Waals surface area contributed by atoms with Crippen LogP contribution in [0.25, 0.3) is 11.0 Å². The summed E-state index contributed by atoms with van der Waals surface area (Å²) in [5.41, 5.74) is 3.46. The molecule has 6 heteroatoms. The van der Waals surface area contributed by atoms with Crippen molar-refractivity contribution in [3.63, 3.8) is 0 Å². The molecule has 30 heavy (non-hydrogen) atoms. The van der Waals surface area contributed by atoms with Crippen LogP contribution >= 0.6 is 0 Å². The van der Waals surface area contributed by atoms with Crippen LogP contribution in [0.2, 0.25) is 0 Å². The molecule has 0 aliphatic carbocycles. The van der Waals surface area contributed by atoms with Gasteiger partial charge in [-0.1, -0.05) is 31.2 Å². The molecule has 0 fully saturated rings. The fourth-order valence-corrected chi connectivity index (χ4v) is 3.46. The number of fused-ring (bicyclic) bond motifs is 1. The summed E-state index contributed by atoms with van der Waals surface area (Å²) in [6.45, 7) is 4.36. The van der Waals surface area contributed by atoms with E-state index in [1.807, 2.05) is 30.3 Å². The van der Waals surface area contributed by atoms with E-state index in [1.54, 1.807) is 0 Å². The molecule has 0 unspecified atom stereocenters. The first-order chi connectivity index (χ1) is 14.7. The first-order valence-corrected chi connectivity index (χ1v) is 10.6. The van der Waals surface area contributed by atoms with Crippen LogP contribution in [0.1, 0.15) is 31.2 Å². The highest BCUT2D eigenvalue weighted by Crippen LogP contribution is 2.18. The van der Waals surface area contributed by atoms with Gasteiger partial charge in [-0.05, 0) is 49.1 Å². The molecule has 0 aliphatic rings. The molecule has 1 heterocycles. The fourth-order valence-electron chi connectivity index (χ4n) is 3.46. The van der Waals surface area contributed by atoms with Crippen molar-refractivity contribution in [3.05, 3.63) is 59.9 Å². The van der Waals surface area contributed by atoms with E-state index in [4.69, 9.17) is 14.5 Å². The Hall–Kier alpha value is -2.86. The lowest BCUT2D eigenvalue weighted by Crippen LogP contribution is -2.28. The number of methoxy groups -OCH3 is 1. The van der Waals surface area contributed by atoms with Crippen LogP contribution in [-0.4, -0.2) is 42.3 Å². The summed E-state index contributed by atoms with van der Waals surface area (Å²) in [4.78, 5) is 16.3. The van der Waals surface area contributed by atoms with Crippen LogP contribution in [0.15, 0.2) is 48.5 Å². The van der Waals surface area contributed by atoms with Gasteiger partial charge < -0.3 is 19.4 Å². The highest BCUT2D eigenvalue weighted by Gasteiger charge is 2.10. The van der Waals surface area contributed by atoms with Crippen molar-refractivity contribution < 1.29 is 14.3 Å². The van der Waals surface area contributed by atoms with Crippen molar-refractivity contribution in [1.29, 1.82) is 0 Å². The summed E-state index contributed by atoms with van der Waals surface area (Å²) in [6.07, 6.45) is 3.57. The third kappa shape index (κ3) is 6.07. The van der Waals surface area contributed by atoms with Crippen molar-refractivity contribution in [3.8, 4) is 5.75 Å². The number of hydrogen-bond acceptors (Lipinski definition) is 4. The van der Waals surface area contributed by atoms with E-state index in [-0.39, 0.29) is 12.5 Å². The summed E-state index contributed by atoms with van der Waals surface area (Å²) < 4.78 is 13.0. The second-order valence-electron chi connectivity index (χ2n) is 7.25. The van der Waals surface area contributed by atoms with E-state index in [2.05, 4.69) is 35.0 Å². The molecule has 0 aliphatic heterocycles. The van der Waals surface area contributed by atoms with E-state index in [9.17, 15) is 4.79 Å². The molecular weight excluding hydrogens is 378 g/mol. The molecule has 0 atom stereocenters. The lowest BCUT2D eigenvalue weighted by atomic mass is 10.2. The molecule has 1 aromatic heterocycles. The summed E-state index contributed by atoms with van der Waals surface area (Å²) >= 11 is 0. The van der Waals surface area contributed by atoms with Crippen molar-refractivity contribution in [2.45, 2.75) is 39.2 Å². The minimum Gasteiger partial charge on any atom is -0.494 e. The molecule has 3 rings (SSSR count). The predicted octanol–water partition coefficient (Wildman–Crippen LogP) is 3.76. The molecule has 2 aromatic carbocycles. The molecule has 3 aromatic rings. The second kappa shape index (κ2) is 11.4. The molecule has 1 N–H and O–H groups in total. The normalized spacial score (nSPS) is 11.0. The van der Waals surface area contributed by atoms with Gasteiger partial charge in [0.25, 0.3) is 0 Å². The number of ether oxygens (including phenoxy) is 2. The number of aryl methyl sites for hydroxylation is 3. The van der Waals surface area contributed by atoms with E-state index >= 15 is 0 Å². The number of para-hydroxylation sites is 2. The number of imidazole rings is 1. The first-order valence-electron chi connectivity index (χ1n) is 10.6. The first kappa shape index (κ1) is 21.8. The Labute approximate surface area is 178 Å². The minimum absolute atomic E-state index is 0.0879. The maximum absolute atomic E-state index is 11.5. The maximum Gasteiger partial charge on any atom is 0.245 e. The number of rotatable bonds is 12. The van der Waals surface area contributed by atoms with Crippen molar-refractivity contribution in [1.82, 2.24) is 14.9 Å². The van der Waals surface area contributed by atoms with Crippen LogP contribution in [-0.2, 0) is 28.9 Å². The molecule has 1 amide bonds. The summed E-state index contributed by atoms with van der Waals surface area (Å²) in [6, 6.07) is 16.5. The molecule has 0 saturated carbocycles. The van der Waals surface area contributed by atoms with Crippen LogP contribution < -0.4 is 10.1 Å². The molecule has 0 radical (unpaired) electrons. The number of carbonyl (C=O) groups excluding carboxylic acids is 1. The van der Waals surface area contributed by atoms with Crippen LogP contribution in [0.5, 0.6) is 5.75 Å². The van der Waals surface area contributed by atoms with Crippen molar-refractivity contribution in [2.75, 3.05) is 26.9 Å². The van der Waals surface area contributed by atoms with Gasteiger partial charge in [-0.25, -0.2) is 4.98 Å². The average molecular weight is 410 g/mol. The van der Waals surface area contributed by atoms with Crippen molar-refractivity contribution >= 4 is 16.9 Å². The number of carbonyl (C=O) groups is 1. The predicted molar refractivity (Wildman–Crippen MR) is 119 cm³/mol. The van der Waals surface area contributed by atoms with Crippen molar-refractivity contribution in [2.24, 2.45) is 0 Å². The van der Waals surface area contributed by atoms with E-state index in [1.165, 1.54) is 12.7 Å². The number of nitrogens with zero attached hydrogens (tertiary/aromatic N) is 2. The van der Waals surface area contributed by atoms with Gasteiger partial charge in [0.05, 0.1) is 17.6 Å². The maximum atomic E-state index is 11.5. The molecular formula is C24H31N3O3. The fraction of sp³-hybridized carbons (Fsp3) is 0.417. The quantitative estimate of drug-likeness (QED) is 0.463. The molecule has 0 saturated heterocycles. The van der Waals surface area contributed by atoms with Gasteiger partial charge in [-0.3, -0.25) is 4.79 Å². The Balaban J connectivity index is 1.55. The van der Waals surface area contributed by atoms with Gasteiger partial charge in [0, 0.05) is 26.6 Å². The molecule has 160 valence electrons. The standard InChI is InChI=1S/C24H31N3O3/c1-3-19-11-13-20(14-12-19)30-17-7-16-27-22-9-5-4-8-21(22)26-23(27)10-6-15-25-24(28)18-29-2/h4-5,8-9,11-14H,3,6-7,10,15-18H2,1-2H3,(H,25,28). The van der Waals surface area contributed by atoms with Gasteiger partial charge in [-0.2, -0.15) is 0 Å². The van der Waals surface area contributed by atoms with Crippen LogP contribution in [0.3, 0.4) is 0 Å². The largest absolute Gasteiger partial charge is 0.494 e. The van der Waals surface area contributed by atoms with E-state index < -0.39 is 0 Å². The van der Waals surface area contributed by atoms with E-state index in [0.29, 0.717) is 13.2 Å². The van der Waals surface area contributed by atoms with Gasteiger partial charge in [0.1, 0.15) is 18.2 Å². The summed E-state index contributed by atoms with van der Waals surface area (Å²) in [5, 5.41) is 2.86. The van der Waals surface area contributed by atoms with Gasteiger partial charge in [0.2, 0.25) is 5.91 Å². The Kier molecular flexibility index (Phi) is 8.27. The Bertz CT molecular complexity index is 935. The minimum atomic E-state index is -0.0879. The number of aromatic nitrogens is 2. The van der Waals surface area contributed by atoms with Crippen LogP contribution in [0.4, 0.5) is 0 Å². The lowest BCUT2D eigenvalue weighted by molar-refractivity contribution is -0.124. The second-order valence-corrected chi connectivity index (χ2v) is 7.25. The number of hydrogen-bond donors (Lipinski definition) is 1. The van der Waals surface area contributed by atoms with Gasteiger partial charge in [0.15, 0.2) is 0 Å². The highest BCUT2D eigenvalue weighted by atomic mass is 16.5.